The highest BCUT2D eigenvalue weighted by atomic mass is 16.1. The number of rotatable bonds is 5. The van der Waals surface area contributed by atoms with Crippen molar-refractivity contribution in [1.82, 2.24) is 10.3 Å². The molecule has 0 saturated carbocycles. The van der Waals surface area contributed by atoms with Gasteiger partial charge in [0.2, 0.25) is 0 Å². The standard InChI is InChI=1S/C16H25N3O/c1-3-4-9-17-16(20)15-6-5-14(12-18-15)19-10-7-13(2)8-11-19/h5-6,12-13H,3-4,7-11H2,1-2H3,(H,17,20). The van der Waals surface area contributed by atoms with Gasteiger partial charge in [0.1, 0.15) is 5.69 Å². The Bertz CT molecular complexity index is 422. The fourth-order valence-corrected chi connectivity index (χ4v) is 2.44. The number of piperidine rings is 1. The molecule has 1 aromatic heterocycles. The number of nitrogens with one attached hydrogen (secondary N) is 1. The lowest BCUT2D eigenvalue weighted by atomic mass is 9.99. The molecule has 0 radical (unpaired) electrons. The molecule has 2 heterocycles. The van der Waals surface area contributed by atoms with E-state index in [1.54, 1.807) is 0 Å². The van der Waals surface area contributed by atoms with E-state index in [-0.39, 0.29) is 5.91 Å². The summed E-state index contributed by atoms with van der Waals surface area (Å²) in [6.45, 7) is 7.32. The van der Waals surface area contributed by atoms with Crippen LogP contribution >= 0.6 is 0 Å². The van der Waals surface area contributed by atoms with E-state index >= 15 is 0 Å². The largest absolute Gasteiger partial charge is 0.370 e. The minimum absolute atomic E-state index is 0.0720. The first kappa shape index (κ1) is 14.8. The Labute approximate surface area is 121 Å². The maximum Gasteiger partial charge on any atom is 0.269 e. The summed E-state index contributed by atoms with van der Waals surface area (Å²) in [6, 6.07) is 3.84. The molecule has 0 bridgehead atoms. The normalized spacial score (nSPS) is 16.2. The Balaban J connectivity index is 1.90. The van der Waals surface area contributed by atoms with Crippen LogP contribution in [0.3, 0.4) is 0 Å². The van der Waals surface area contributed by atoms with Crippen LogP contribution < -0.4 is 10.2 Å². The second kappa shape index (κ2) is 7.27. The van der Waals surface area contributed by atoms with Gasteiger partial charge in [-0.2, -0.15) is 0 Å². The Hall–Kier alpha value is -1.58. The zero-order valence-corrected chi connectivity index (χ0v) is 12.6. The van der Waals surface area contributed by atoms with Crippen LogP contribution in [0.25, 0.3) is 0 Å². The number of unbranched alkanes of at least 4 members (excludes halogenated alkanes) is 1. The number of aromatic nitrogens is 1. The molecule has 110 valence electrons. The molecule has 0 atom stereocenters. The van der Waals surface area contributed by atoms with Crippen LogP contribution in [-0.4, -0.2) is 30.5 Å². The van der Waals surface area contributed by atoms with Crippen LogP contribution in [0.1, 0.15) is 50.0 Å². The van der Waals surface area contributed by atoms with Gasteiger partial charge in [0.15, 0.2) is 0 Å². The van der Waals surface area contributed by atoms with Gasteiger partial charge in [-0.3, -0.25) is 4.79 Å². The molecular formula is C16H25N3O. The number of hydrogen-bond donors (Lipinski definition) is 1. The molecule has 4 nitrogen and oxygen atoms in total. The summed E-state index contributed by atoms with van der Waals surface area (Å²) < 4.78 is 0. The van der Waals surface area contributed by atoms with Crippen LogP contribution in [0.2, 0.25) is 0 Å². The van der Waals surface area contributed by atoms with Crippen LogP contribution in [0.15, 0.2) is 18.3 Å². The third-order valence-electron chi connectivity index (χ3n) is 3.95. The molecule has 1 N–H and O–H groups in total. The summed E-state index contributed by atoms with van der Waals surface area (Å²) in [4.78, 5) is 18.5. The van der Waals surface area contributed by atoms with Gasteiger partial charge in [-0.25, -0.2) is 4.98 Å². The van der Waals surface area contributed by atoms with Gasteiger partial charge < -0.3 is 10.2 Å². The summed E-state index contributed by atoms with van der Waals surface area (Å²) in [5.74, 6) is 0.750. The van der Waals surface area contributed by atoms with Crippen LogP contribution in [0.5, 0.6) is 0 Å². The molecule has 0 spiro atoms. The minimum Gasteiger partial charge on any atom is -0.370 e. The maximum atomic E-state index is 11.9. The van der Waals surface area contributed by atoms with E-state index in [1.165, 1.54) is 12.8 Å². The Morgan fingerprint density at radius 1 is 1.40 bits per heavy atom. The highest BCUT2D eigenvalue weighted by Crippen LogP contribution is 2.22. The molecule has 1 aromatic rings. The van der Waals surface area contributed by atoms with Gasteiger partial charge in [-0.15, -0.1) is 0 Å². The summed E-state index contributed by atoms with van der Waals surface area (Å²) >= 11 is 0. The third-order valence-corrected chi connectivity index (χ3v) is 3.95. The topological polar surface area (TPSA) is 45.2 Å². The zero-order chi connectivity index (χ0) is 14.4. The Morgan fingerprint density at radius 2 is 2.15 bits per heavy atom. The summed E-state index contributed by atoms with van der Waals surface area (Å²) in [6.07, 6.45) is 6.39. The molecule has 20 heavy (non-hydrogen) atoms. The first-order valence-electron chi connectivity index (χ1n) is 7.70. The van der Waals surface area contributed by atoms with E-state index in [4.69, 9.17) is 0 Å². The molecule has 1 fully saturated rings. The second-order valence-corrected chi connectivity index (χ2v) is 5.68. The van der Waals surface area contributed by atoms with Gasteiger partial charge >= 0.3 is 0 Å². The molecule has 0 aliphatic carbocycles. The van der Waals surface area contributed by atoms with E-state index < -0.39 is 0 Å². The van der Waals surface area contributed by atoms with Crippen molar-refractivity contribution in [3.05, 3.63) is 24.0 Å². The lowest BCUT2D eigenvalue weighted by molar-refractivity contribution is 0.0948. The fraction of sp³-hybridized carbons (Fsp3) is 0.625. The van der Waals surface area contributed by atoms with Crippen molar-refractivity contribution in [2.45, 2.75) is 39.5 Å². The molecule has 1 aliphatic rings. The van der Waals surface area contributed by atoms with E-state index in [0.29, 0.717) is 5.69 Å². The monoisotopic (exact) mass is 275 g/mol. The van der Waals surface area contributed by atoms with Gasteiger partial charge in [-0.1, -0.05) is 20.3 Å². The molecule has 4 heteroatoms. The van der Waals surface area contributed by atoms with Gasteiger partial charge in [0, 0.05) is 19.6 Å². The molecule has 1 aliphatic heterocycles. The van der Waals surface area contributed by atoms with Crippen LogP contribution in [0, 0.1) is 5.92 Å². The molecule has 0 unspecified atom stereocenters. The second-order valence-electron chi connectivity index (χ2n) is 5.68. The molecule has 1 amide bonds. The summed E-state index contributed by atoms with van der Waals surface area (Å²) in [7, 11) is 0. The third kappa shape index (κ3) is 3.95. The Kier molecular flexibility index (Phi) is 5.39. The van der Waals surface area contributed by atoms with Crippen molar-refractivity contribution in [3.63, 3.8) is 0 Å². The van der Waals surface area contributed by atoms with Crippen molar-refractivity contribution < 1.29 is 4.79 Å². The Morgan fingerprint density at radius 3 is 2.75 bits per heavy atom. The number of hydrogen-bond acceptors (Lipinski definition) is 3. The van der Waals surface area contributed by atoms with Crippen molar-refractivity contribution in [2.24, 2.45) is 5.92 Å². The van der Waals surface area contributed by atoms with Crippen LogP contribution in [0.4, 0.5) is 5.69 Å². The average Bonchev–Trinajstić information content (AvgIpc) is 2.48. The van der Waals surface area contributed by atoms with Crippen molar-refractivity contribution in [1.29, 1.82) is 0 Å². The van der Waals surface area contributed by atoms with Crippen molar-refractivity contribution >= 4 is 11.6 Å². The summed E-state index contributed by atoms with van der Waals surface area (Å²) in [5, 5.41) is 2.89. The number of carbonyl (C=O) groups is 1. The molecule has 0 aromatic carbocycles. The minimum atomic E-state index is -0.0720. The van der Waals surface area contributed by atoms with Crippen LogP contribution in [-0.2, 0) is 0 Å². The lowest BCUT2D eigenvalue weighted by Crippen LogP contribution is -2.33. The zero-order valence-electron chi connectivity index (χ0n) is 12.6. The molecule has 2 rings (SSSR count). The highest BCUT2D eigenvalue weighted by Gasteiger charge is 2.16. The van der Waals surface area contributed by atoms with E-state index in [1.807, 2.05) is 18.3 Å². The number of pyridine rings is 1. The number of amides is 1. The van der Waals surface area contributed by atoms with Gasteiger partial charge in [-0.05, 0) is 37.3 Å². The predicted molar refractivity (Wildman–Crippen MR) is 82.1 cm³/mol. The quantitative estimate of drug-likeness (QED) is 0.840. The first-order chi connectivity index (χ1) is 9.70. The molecule has 1 saturated heterocycles. The number of nitrogens with zero attached hydrogens (tertiary/aromatic N) is 2. The van der Waals surface area contributed by atoms with E-state index in [9.17, 15) is 4.79 Å². The van der Waals surface area contributed by atoms with Crippen molar-refractivity contribution in [2.75, 3.05) is 24.5 Å². The van der Waals surface area contributed by atoms with Gasteiger partial charge in [0.05, 0.1) is 11.9 Å². The van der Waals surface area contributed by atoms with E-state index in [2.05, 4.69) is 29.0 Å². The van der Waals surface area contributed by atoms with E-state index in [0.717, 1.165) is 44.1 Å². The average molecular weight is 275 g/mol. The smallest absolute Gasteiger partial charge is 0.269 e. The predicted octanol–water partition coefficient (Wildman–Crippen LogP) is 2.85. The SMILES string of the molecule is CCCCNC(=O)c1ccc(N2CCC(C)CC2)cn1. The van der Waals surface area contributed by atoms with Gasteiger partial charge in [0.25, 0.3) is 5.91 Å². The maximum absolute atomic E-state index is 11.9. The first-order valence-corrected chi connectivity index (χ1v) is 7.70. The fourth-order valence-electron chi connectivity index (χ4n) is 2.44. The highest BCUT2D eigenvalue weighted by molar-refractivity contribution is 5.92. The number of anilines is 1. The lowest BCUT2D eigenvalue weighted by Gasteiger charge is -2.31. The van der Waals surface area contributed by atoms with Crippen molar-refractivity contribution in [3.8, 4) is 0 Å². The summed E-state index contributed by atoms with van der Waals surface area (Å²) in [5.41, 5.74) is 1.64. The number of carbonyl (C=O) groups excluding carboxylic acids is 1. The molecular weight excluding hydrogens is 250 g/mol.